The molecule has 0 saturated carbocycles. The van der Waals surface area contributed by atoms with Crippen LogP contribution in [0, 0.1) is 6.92 Å². The molecule has 1 saturated heterocycles. The topological polar surface area (TPSA) is 88.1 Å². The minimum atomic E-state index is -3.80. The lowest BCUT2D eigenvalue weighted by atomic mass is 10.1. The molecule has 1 N–H and O–H groups in total. The van der Waals surface area contributed by atoms with Crippen LogP contribution in [0.15, 0.2) is 71.6 Å². The van der Waals surface area contributed by atoms with E-state index in [-0.39, 0.29) is 4.90 Å². The quantitative estimate of drug-likeness (QED) is 0.462. The normalized spacial score (nSPS) is 14.4. The van der Waals surface area contributed by atoms with Gasteiger partial charge in [0, 0.05) is 35.4 Å². The number of aromatic nitrogens is 3. The van der Waals surface area contributed by atoms with Crippen LogP contribution in [-0.4, -0.2) is 36.7 Å². The number of piperidine rings is 1. The van der Waals surface area contributed by atoms with E-state index in [4.69, 9.17) is 0 Å². The van der Waals surface area contributed by atoms with Gasteiger partial charge in [-0.3, -0.25) is 9.71 Å². The fourth-order valence-corrected chi connectivity index (χ4v) is 5.36. The third kappa shape index (κ3) is 4.52. The third-order valence-corrected chi connectivity index (χ3v) is 7.29. The van der Waals surface area contributed by atoms with Crippen LogP contribution in [-0.2, 0) is 10.0 Å². The molecule has 4 aromatic rings. The predicted octanol–water partition coefficient (Wildman–Crippen LogP) is 4.79. The average molecular weight is 460 g/mol. The van der Waals surface area contributed by atoms with Crippen molar-refractivity contribution in [2.24, 2.45) is 0 Å². The van der Waals surface area contributed by atoms with Crippen molar-refractivity contribution >= 4 is 32.4 Å². The SMILES string of the molecule is Cc1ccc2cccc(S(=O)(=O)Nc3ccc(-c4ccc(N5CCCCC5)nn4)cc3)c2n1. The zero-order valence-corrected chi connectivity index (χ0v) is 19.2. The average Bonchev–Trinajstić information content (AvgIpc) is 2.84. The number of benzene rings is 2. The van der Waals surface area contributed by atoms with Crippen LogP contribution >= 0.6 is 0 Å². The van der Waals surface area contributed by atoms with E-state index in [1.54, 1.807) is 24.3 Å². The summed E-state index contributed by atoms with van der Waals surface area (Å²) in [5.41, 5.74) is 3.32. The molecule has 0 amide bonds. The fraction of sp³-hybridized carbons (Fsp3) is 0.240. The Kier molecular flexibility index (Phi) is 5.68. The Balaban J connectivity index is 1.35. The molecule has 0 radical (unpaired) electrons. The Morgan fingerprint density at radius 3 is 2.36 bits per heavy atom. The van der Waals surface area contributed by atoms with Gasteiger partial charge in [0.05, 0.1) is 11.2 Å². The Hall–Kier alpha value is -3.52. The molecule has 3 heterocycles. The highest BCUT2D eigenvalue weighted by atomic mass is 32.2. The number of nitrogens with one attached hydrogen (secondary N) is 1. The van der Waals surface area contributed by atoms with Gasteiger partial charge < -0.3 is 4.90 Å². The van der Waals surface area contributed by atoms with Gasteiger partial charge >= 0.3 is 0 Å². The lowest BCUT2D eigenvalue weighted by Gasteiger charge is -2.27. The molecule has 0 bridgehead atoms. The second-order valence-electron chi connectivity index (χ2n) is 8.29. The highest BCUT2D eigenvalue weighted by molar-refractivity contribution is 7.93. The summed E-state index contributed by atoms with van der Waals surface area (Å²) in [6.45, 7) is 3.89. The Bertz CT molecular complexity index is 1380. The molecule has 8 heteroatoms. The van der Waals surface area contributed by atoms with Crippen LogP contribution in [0.2, 0.25) is 0 Å². The Morgan fingerprint density at radius 1 is 0.848 bits per heavy atom. The van der Waals surface area contributed by atoms with Gasteiger partial charge in [0.25, 0.3) is 10.0 Å². The number of aryl methyl sites for hydroxylation is 1. The van der Waals surface area contributed by atoms with Gasteiger partial charge in [-0.25, -0.2) is 8.42 Å². The molecule has 1 aliphatic rings. The van der Waals surface area contributed by atoms with Gasteiger partial charge in [0.1, 0.15) is 4.90 Å². The van der Waals surface area contributed by atoms with E-state index in [2.05, 4.69) is 24.8 Å². The number of sulfonamides is 1. The molecular formula is C25H25N5O2S. The predicted molar refractivity (Wildman–Crippen MR) is 131 cm³/mol. The minimum Gasteiger partial charge on any atom is -0.355 e. The van der Waals surface area contributed by atoms with Crippen LogP contribution in [0.1, 0.15) is 25.0 Å². The molecule has 0 atom stereocenters. The molecule has 7 nitrogen and oxygen atoms in total. The largest absolute Gasteiger partial charge is 0.355 e. The van der Waals surface area contributed by atoms with Crippen molar-refractivity contribution in [2.45, 2.75) is 31.1 Å². The summed E-state index contributed by atoms with van der Waals surface area (Å²) in [5.74, 6) is 0.904. The van der Waals surface area contributed by atoms with Crippen LogP contribution < -0.4 is 9.62 Å². The molecule has 2 aromatic heterocycles. The van der Waals surface area contributed by atoms with Gasteiger partial charge in [0.2, 0.25) is 0 Å². The first-order chi connectivity index (χ1) is 16.0. The van der Waals surface area contributed by atoms with Crippen LogP contribution in [0.25, 0.3) is 22.2 Å². The summed E-state index contributed by atoms with van der Waals surface area (Å²) in [6.07, 6.45) is 3.65. The molecule has 33 heavy (non-hydrogen) atoms. The van der Waals surface area contributed by atoms with E-state index in [1.165, 1.54) is 19.3 Å². The molecule has 168 valence electrons. The van der Waals surface area contributed by atoms with E-state index in [1.807, 2.05) is 49.4 Å². The zero-order valence-electron chi connectivity index (χ0n) is 18.4. The van der Waals surface area contributed by atoms with Crippen molar-refractivity contribution < 1.29 is 8.42 Å². The first-order valence-electron chi connectivity index (χ1n) is 11.1. The third-order valence-electron chi connectivity index (χ3n) is 5.88. The molecule has 1 aliphatic heterocycles. The summed E-state index contributed by atoms with van der Waals surface area (Å²) < 4.78 is 28.8. The maximum absolute atomic E-state index is 13.1. The van der Waals surface area contributed by atoms with Gasteiger partial charge in [-0.1, -0.05) is 30.3 Å². The number of rotatable bonds is 5. The summed E-state index contributed by atoms with van der Waals surface area (Å²) in [4.78, 5) is 6.87. The second kappa shape index (κ2) is 8.78. The highest BCUT2D eigenvalue weighted by Gasteiger charge is 2.19. The summed E-state index contributed by atoms with van der Waals surface area (Å²) >= 11 is 0. The maximum atomic E-state index is 13.1. The highest BCUT2D eigenvalue weighted by Crippen LogP contribution is 2.26. The molecule has 5 rings (SSSR count). The summed E-state index contributed by atoms with van der Waals surface area (Å²) in [7, 11) is -3.80. The molecule has 2 aromatic carbocycles. The van der Waals surface area contributed by atoms with E-state index in [0.29, 0.717) is 11.2 Å². The van der Waals surface area contributed by atoms with Crippen molar-refractivity contribution in [3.8, 4) is 11.3 Å². The number of hydrogen-bond donors (Lipinski definition) is 1. The minimum absolute atomic E-state index is 0.159. The van der Waals surface area contributed by atoms with Crippen molar-refractivity contribution in [3.05, 3.63) is 72.4 Å². The van der Waals surface area contributed by atoms with Crippen molar-refractivity contribution in [1.29, 1.82) is 0 Å². The number of nitrogens with zero attached hydrogens (tertiary/aromatic N) is 4. The number of pyridine rings is 1. The second-order valence-corrected chi connectivity index (χ2v) is 9.94. The van der Waals surface area contributed by atoms with Crippen LogP contribution in [0.5, 0.6) is 0 Å². The van der Waals surface area contributed by atoms with Crippen molar-refractivity contribution in [1.82, 2.24) is 15.2 Å². The number of anilines is 2. The van der Waals surface area contributed by atoms with Crippen molar-refractivity contribution in [3.63, 3.8) is 0 Å². The molecule has 0 spiro atoms. The summed E-state index contributed by atoms with van der Waals surface area (Å²) in [6, 6.07) is 20.0. The standard InChI is InChI=1S/C25H25N5O2S/c1-18-8-9-20-6-5-7-23(25(20)26-18)33(31,32)29-21-12-10-19(11-13-21)22-14-15-24(28-27-22)30-16-3-2-4-17-30/h5-15,29H,2-4,16-17H2,1H3. The van der Waals surface area contributed by atoms with Gasteiger partial charge in [-0.15, -0.1) is 10.2 Å². The number of hydrogen-bond acceptors (Lipinski definition) is 6. The first kappa shape index (κ1) is 21.3. The van der Waals surface area contributed by atoms with Crippen molar-refractivity contribution in [2.75, 3.05) is 22.7 Å². The number of para-hydroxylation sites is 1. The molecule has 1 fully saturated rings. The maximum Gasteiger partial charge on any atom is 0.264 e. The van der Waals surface area contributed by atoms with Gasteiger partial charge in [-0.05, 0) is 62.6 Å². The fourth-order valence-electron chi connectivity index (χ4n) is 4.12. The molecular weight excluding hydrogens is 434 g/mol. The van der Waals surface area contributed by atoms with Crippen LogP contribution in [0.3, 0.4) is 0 Å². The molecule has 0 aliphatic carbocycles. The lowest BCUT2D eigenvalue weighted by molar-refractivity contribution is 0.571. The zero-order chi connectivity index (χ0) is 22.8. The smallest absolute Gasteiger partial charge is 0.264 e. The Labute approximate surface area is 193 Å². The Morgan fingerprint density at radius 2 is 1.64 bits per heavy atom. The van der Waals surface area contributed by atoms with Gasteiger partial charge in [0.15, 0.2) is 5.82 Å². The van der Waals surface area contributed by atoms with E-state index < -0.39 is 10.0 Å². The van der Waals surface area contributed by atoms with Gasteiger partial charge in [-0.2, -0.15) is 0 Å². The lowest BCUT2D eigenvalue weighted by Crippen LogP contribution is -2.30. The molecule has 0 unspecified atom stereocenters. The van der Waals surface area contributed by atoms with E-state index >= 15 is 0 Å². The van der Waals surface area contributed by atoms with E-state index in [0.717, 1.165) is 41.2 Å². The summed E-state index contributed by atoms with van der Waals surface area (Å²) in [5, 5.41) is 9.56. The van der Waals surface area contributed by atoms with Crippen LogP contribution in [0.4, 0.5) is 11.5 Å². The monoisotopic (exact) mass is 459 g/mol. The number of fused-ring (bicyclic) bond motifs is 1. The van der Waals surface area contributed by atoms with E-state index in [9.17, 15) is 8.42 Å². The first-order valence-corrected chi connectivity index (χ1v) is 12.6.